The number of thioether (sulfide) groups is 1. The molecule has 4 rings (SSSR count). The average molecular weight is 479 g/mol. The molecule has 1 amide bonds. The number of halogens is 1. The Morgan fingerprint density at radius 1 is 1.03 bits per heavy atom. The minimum atomic E-state index is -0.207. The van der Waals surface area contributed by atoms with Crippen LogP contribution in [0.5, 0.6) is 11.5 Å². The number of anilines is 1. The number of rotatable bonds is 6. The molecule has 0 aromatic heterocycles. The van der Waals surface area contributed by atoms with Crippen LogP contribution in [0.25, 0.3) is 6.08 Å². The molecule has 0 atom stereocenters. The lowest BCUT2D eigenvalue weighted by Crippen LogP contribution is -2.30. The quantitative estimate of drug-likeness (QED) is 0.388. The zero-order valence-electron chi connectivity index (χ0n) is 18.5. The van der Waals surface area contributed by atoms with Crippen LogP contribution in [0.15, 0.2) is 77.4 Å². The second-order valence-corrected chi connectivity index (χ2v) is 8.78. The Labute approximate surface area is 202 Å². The summed E-state index contributed by atoms with van der Waals surface area (Å²) in [5.74, 6) is 1.73. The van der Waals surface area contributed by atoms with Crippen molar-refractivity contribution in [1.82, 2.24) is 0 Å². The lowest BCUT2D eigenvalue weighted by atomic mass is 10.2. The Kier molecular flexibility index (Phi) is 7.06. The van der Waals surface area contributed by atoms with Crippen LogP contribution < -0.4 is 14.4 Å². The van der Waals surface area contributed by atoms with Crippen molar-refractivity contribution in [2.45, 2.75) is 12.7 Å². The molecule has 0 fully saturated rings. The molecule has 0 saturated heterocycles. The van der Waals surface area contributed by atoms with Crippen LogP contribution in [-0.4, -0.2) is 25.3 Å². The van der Waals surface area contributed by atoms with Crippen molar-refractivity contribution in [3.63, 3.8) is 0 Å². The Morgan fingerprint density at radius 2 is 1.82 bits per heavy atom. The van der Waals surface area contributed by atoms with Crippen LogP contribution >= 0.6 is 23.4 Å². The Hall–Kier alpha value is -3.22. The third-order valence-corrected chi connectivity index (χ3v) is 6.41. The van der Waals surface area contributed by atoms with E-state index in [1.165, 1.54) is 17.3 Å². The van der Waals surface area contributed by atoms with Gasteiger partial charge in [0, 0.05) is 11.8 Å². The lowest BCUT2D eigenvalue weighted by Gasteiger charge is -2.19. The first-order chi connectivity index (χ1) is 16.0. The molecular formula is C26H23ClN2O3S. The van der Waals surface area contributed by atoms with Crippen LogP contribution in [-0.2, 0) is 10.5 Å². The largest absolute Gasteiger partial charge is 0.497 e. The van der Waals surface area contributed by atoms with Crippen LogP contribution in [0.4, 0.5) is 5.69 Å². The SMILES string of the molecule is COc1ccc(/C=C2\N=C(SCc3cccc(C)c3)N(c3ccc(Cl)c(OC)c3)C2=O)cc1. The summed E-state index contributed by atoms with van der Waals surface area (Å²) in [5.41, 5.74) is 4.23. The van der Waals surface area contributed by atoms with Crippen molar-refractivity contribution in [3.8, 4) is 11.5 Å². The molecule has 168 valence electrons. The molecule has 0 saturated carbocycles. The smallest absolute Gasteiger partial charge is 0.283 e. The molecule has 5 nitrogen and oxygen atoms in total. The molecule has 0 bridgehead atoms. The second-order valence-electron chi connectivity index (χ2n) is 7.43. The zero-order chi connectivity index (χ0) is 23.4. The van der Waals surface area contributed by atoms with Gasteiger partial charge < -0.3 is 9.47 Å². The van der Waals surface area contributed by atoms with Gasteiger partial charge in [-0.05, 0) is 48.4 Å². The number of ether oxygens (including phenoxy) is 2. The Balaban J connectivity index is 1.68. The first-order valence-corrected chi connectivity index (χ1v) is 11.7. The minimum Gasteiger partial charge on any atom is -0.497 e. The van der Waals surface area contributed by atoms with Gasteiger partial charge in [0.05, 0.1) is 24.9 Å². The third kappa shape index (κ3) is 5.24. The van der Waals surface area contributed by atoms with Crippen molar-refractivity contribution in [2.75, 3.05) is 19.1 Å². The number of aliphatic imine (C=N–C) groups is 1. The second kappa shape index (κ2) is 10.1. The van der Waals surface area contributed by atoms with Gasteiger partial charge in [-0.25, -0.2) is 4.99 Å². The number of benzene rings is 3. The minimum absolute atomic E-state index is 0.207. The van der Waals surface area contributed by atoms with Gasteiger partial charge in [-0.15, -0.1) is 0 Å². The van der Waals surface area contributed by atoms with Gasteiger partial charge in [0.2, 0.25) is 0 Å². The molecule has 3 aromatic carbocycles. The number of carbonyl (C=O) groups excluding carboxylic acids is 1. The predicted molar refractivity (Wildman–Crippen MR) is 136 cm³/mol. The van der Waals surface area contributed by atoms with E-state index in [9.17, 15) is 4.79 Å². The summed E-state index contributed by atoms with van der Waals surface area (Å²) < 4.78 is 10.6. The van der Waals surface area contributed by atoms with E-state index in [4.69, 9.17) is 26.1 Å². The van der Waals surface area contributed by atoms with Crippen molar-refractivity contribution >= 4 is 46.2 Å². The fourth-order valence-corrected chi connectivity index (χ4v) is 4.57. The summed E-state index contributed by atoms with van der Waals surface area (Å²) in [6.07, 6.45) is 1.78. The van der Waals surface area contributed by atoms with E-state index in [1.807, 2.05) is 30.3 Å². The zero-order valence-corrected chi connectivity index (χ0v) is 20.1. The average Bonchev–Trinajstić information content (AvgIpc) is 3.13. The number of methoxy groups -OCH3 is 2. The molecule has 1 aliphatic rings. The molecule has 0 N–H and O–H groups in total. The van der Waals surface area contributed by atoms with Crippen LogP contribution in [0.2, 0.25) is 5.02 Å². The molecule has 1 aliphatic heterocycles. The van der Waals surface area contributed by atoms with E-state index < -0.39 is 0 Å². The molecule has 0 aliphatic carbocycles. The highest BCUT2D eigenvalue weighted by Crippen LogP contribution is 2.35. The highest BCUT2D eigenvalue weighted by molar-refractivity contribution is 8.13. The van der Waals surface area contributed by atoms with E-state index >= 15 is 0 Å². The van der Waals surface area contributed by atoms with Crippen molar-refractivity contribution in [2.24, 2.45) is 4.99 Å². The summed E-state index contributed by atoms with van der Waals surface area (Å²) >= 11 is 7.72. The van der Waals surface area contributed by atoms with E-state index in [0.717, 1.165) is 16.9 Å². The fourth-order valence-electron chi connectivity index (χ4n) is 3.42. The molecule has 0 unspecified atom stereocenters. The number of amides is 1. The predicted octanol–water partition coefficient (Wildman–Crippen LogP) is 6.34. The molecule has 7 heteroatoms. The summed E-state index contributed by atoms with van der Waals surface area (Å²) in [7, 11) is 3.17. The summed E-state index contributed by atoms with van der Waals surface area (Å²) in [6, 6.07) is 21.0. The number of hydrogen-bond donors (Lipinski definition) is 0. The van der Waals surface area contributed by atoms with Crippen LogP contribution in [0, 0.1) is 6.92 Å². The maximum absolute atomic E-state index is 13.4. The first-order valence-electron chi connectivity index (χ1n) is 10.3. The number of hydrogen-bond acceptors (Lipinski definition) is 5. The van der Waals surface area contributed by atoms with Gasteiger partial charge >= 0.3 is 0 Å². The van der Waals surface area contributed by atoms with Gasteiger partial charge in [-0.3, -0.25) is 9.69 Å². The highest BCUT2D eigenvalue weighted by atomic mass is 35.5. The molecule has 33 heavy (non-hydrogen) atoms. The summed E-state index contributed by atoms with van der Waals surface area (Å²) in [6.45, 7) is 2.06. The highest BCUT2D eigenvalue weighted by Gasteiger charge is 2.32. The van der Waals surface area contributed by atoms with Gasteiger partial charge in [-0.2, -0.15) is 0 Å². The topological polar surface area (TPSA) is 51.1 Å². The Morgan fingerprint density at radius 3 is 2.52 bits per heavy atom. The maximum Gasteiger partial charge on any atom is 0.283 e. The Bertz CT molecular complexity index is 1240. The summed E-state index contributed by atoms with van der Waals surface area (Å²) in [5, 5.41) is 1.08. The molecule has 1 heterocycles. The monoisotopic (exact) mass is 478 g/mol. The van der Waals surface area contributed by atoms with Gasteiger partial charge in [0.1, 0.15) is 17.2 Å². The number of amidine groups is 1. The summed E-state index contributed by atoms with van der Waals surface area (Å²) in [4.78, 5) is 19.7. The van der Waals surface area contributed by atoms with Crippen molar-refractivity contribution < 1.29 is 14.3 Å². The molecule has 3 aromatic rings. The van der Waals surface area contributed by atoms with Gasteiger partial charge in [0.15, 0.2) is 5.17 Å². The van der Waals surface area contributed by atoms with E-state index in [-0.39, 0.29) is 5.91 Å². The normalized spacial score (nSPS) is 14.5. The maximum atomic E-state index is 13.4. The third-order valence-electron chi connectivity index (χ3n) is 5.09. The number of carbonyl (C=O) groups is 1. The fraction of sp³-hybridized carbons (Fsp3) is 0.154. The molecular weight excluding hydrogens is 456 g/mol. The number of nitrogens with zero attached hydrogens (tertiary/aromatic N) is 2. The first kappa shape index (κ1) is 23.0. The van der Waals surface area contributed by atoms with E-state index in [0.29, 0.717) is 33.1 Å². The van der Waals surface area contributed by atoms with Crippen molar-refractivity contribution in [1.29, 1.82) is 0 Å². The van der Waals surface area contributed by atoms with Gasteiger partial charge in [-0.1, -0.05) is 65.3 Å². The molecule has 0 radical (unpaired) electrons. The van der Waals surface area contributed by atoms with Gasteiger partial charge in [0.25, 0.3) is 5.91 Å². The number of aryl methyl sites for hydroxylation is 1. The van der Waals surface area contributed by atoms with Crippen LogP contribution in [0.3, 0.4) is 0 Å². The van der Waals surface area contributed by atoms with E-state index in [1.54, 1.807) is 43.4 Å². The lowest BCUT2D eigenvalue weighted by molar-refractivity contribution is -0.113. The van der Waals surface area contributed by atoms with Crippen LogP contribution in [0.1, 0.15) is 16.7 Å². The van der Waals surface area contributed by atoms with Crippen molar-refractivity contribution in [3.05, 3.63) is 94.1 Å². The van der Waals surface area contributed by atoms with E-state index in [2.05, 4.69) is 25.1 Å². The standard InChI is InChI=1S/C26H23ClN2O3S/c1-17-5-4-6-19(13-17)16-33-26-28-23(14-18-7-10-21(31-2)11-8-18)25(30)29(26)20-9-12-22(27)24(15-20)32-3/h4-15H,16H2,1-3H3/b23-14-. The molecule has 0 spiro atoms.